The van der Waals surface area contributed by atoms with E-state index in [1.807, 2.05) is 0 Å². The number of rotatable bonds is 51. The predicted molar refractivity (Wildman–Crippen MR) is 279 cm³/mol. The van der Waals surface area contributed by atoms with Crippen LogP contribution in [0.1, 0.15) is 290 Å². The number of allylic oxidation sites excluding steroid dienone is 8. The van der Waals surface area contributed by atoms with E-state index in [0.29, 0.717) is 19.3 Å². The first-order chi connectivity index (χ1) is 32.0. The normalized spacial score (nSPS) is 12.4. The van der Waals surface area contributed by atoms with Crippen LogP contribution in [-0.2, 0) is 28.6 Å². The molecular formula is C59H106O6. The van der Waals surface area contributed by atoms with Gasteiger partial charge in [0.15, 0.2) is 6.10 Å². The Morgan fingerprint density at radius 1 is 0.308 bits per heavy atom. The van der Waals surface area contributed by atoms with Crippen LogP contribution < -0.4 is 0 Å². The molecule has 0 heterocycles. The van der Waals surface area contributed by atoms with Gasteiger partial charge in [-0.15, -0.1) is 0 Å². The third kappa shape index (κ3) is 52.2. The van der Waals surface area contributed by atoms with Crippen molar-refractivity contribution in [3.8, 4) is 0 Å². The molecule has 0 aliphatic rings. The van der Waals surface area contributed by atoms with E-state index in [2.05, 4.69) is 69.4 Å². The molecule has 0 aromatic rings. The zero-order valence-corrected chi connectivity index (χ0v) is 43.3. The number of carbonyl (C=O) groups is 3. The molecule has 6 nitrogen and oxygen atoms in total. The van der Waals surface area contributed by atoms with Gasteiger partial charge in [-0.3, -0.25) is 14.4 Å². The number of esters is 3. The summed E-state index contributed by atoms with van der Waals surface area (Å²) >= 11 is 0. The Morgan fingerprint density at radius 2 is 0.569 bits per heavy atom. The number of hydrogen-bond acceptors (Lipinski definition) is 6. The second-order valence-corrected chi connectivity index (χ2v) is 18.8. The number of unbranched alkanes of at least 4 members (excludes halogenated alkanes) is 32. The summed E-state index contributed by atoms with van der Waals surface area (Å²) in [5.74, 6) is -0.892. The van der Waals surface area contributed by atoms with Gasteiger partial charge < -0.3 is 14.2 Å². The molecule has 0 rings (SSSR count). The van der Waals surface area contributed by atoms with E-state index in [1.165, 1.54) is 173 Å². The fraction of sp³-hybridized carbons (Fsp3) is 0.814. The van der Waals surface area contributed by atoms with E-state index in [4.69, 9.17) is 14.2 Å². The molecule has 0 spiro atoms. The standard InChI is InChI=1S/C59H106O6/c1-4-7-10-13-16-19-22-24-26-28-29-31-32-34-37-40-43-46-49-52-58(61)64-55-56(54-63-57(60)51-48-45-42-39-36-21-18-15-12-9-6-3)65-59(62)53-50-47-44-41-38-35-33-30-27-25-23-20-17-14-11-8-5-2/h15,17-18,20,25,27-29,56H,4-14,16,19,21-24,26,30-55H2,1-3H3/b18-15-,20-17-,27-25-,29-28-/t56-/m1/s1. The van der Waals surface area contributed by atoms with Crippen LogP contribution in [0.4, 0.5) is 0 Å². The second-order valence-electron chi connectivity index (χ2n) is 18.8. The van der Waals surface area contributed by atoms with Crippen molar-refractivity contribution in [2.45, 2.75) is 297 Å². The van der Waals surface area contributed by atoms with Gasteiger partial charge in [0, 0.05) is 19.3 Å². The van der Waals surface area contributed by atoms with Gasteiger partial charge in [0.05, 0.1) is 0 Å². The van der Waals surface area contributed by atoms with Crippen LogP contribution in [0.3, 0.4) is 0 Å². The highest BCUT2D eigenvalue weighted by Crippen LogP contribution is 2.15. The molecule has 1 atom stereocenters. The first-order valence-corrected chi connectivity index (χ1v) is 28.1. The predicted octanol–water partition coefficient (Wildman–Crippen LogP) is 18.7. The maximum atomic E-state index is 12.8. The van der Waals surface area contributed by atoms with Gasteiger partial charge in [0.2, 0.25) is 0 Å². The zero-order chi connectivity index (χ0) is 47.2. The summed E-state index contributed by atoms with van der Waals surface area (Å²) in [4.78, 5) is 38.1. The van der Waals surface area contributed by atoms with E-state index in [0.717, 1.165) is 77.0 Å². The van der Waals surface area contributed by atoms with Crippen molar-refractivity contribution in [3.63, 3.8) is 0 Å². The van der Waals surface area contributed by atoms with Gasteiger partial charge >= 0.3 is 17.9 Å². The topological polar surface area (TPSA) is 78.9 Å². The molecule has 0 aromatic heterocycles. The monoisotopic (exact) mass is 911 g/mol. The lowest BCUT2D eigenvalue weighted by Crippen LogP contribution is -2.30. The van der Waals surface area contributed by atoms with Crippen molar-refractivity contribution in [1.82, 2.24) is 0 Å². The molecule has 0 aliphatic heterocycles. The number of carbonyl (C=O) groups excluding carboxylic acids is 3. The third-order valence-electron chi connectivity index (χ3n) is 12.3. The summed E-state index contributed by atoms with van der Waals surface area (Å²) in [5.41, 5.74) is 0. The maximum absolute atomic E-state index is 12.8. The lowest BCUT2D eigenvalue weighted by Gasteiger charge is -2.18. The fourth-order valence-corrected chi connectivity index (χ4v) is 7.98. The SMILES string of the molecule is CCCC/C=C\CCCCCCCC(=O)OC[C@H](COC(=O)CCCCCCCCC/C=C\CCCCCCCCCC)OC(=O)CCCCCCCCC/C=C\C/C=C\CCCCC. The lowest BCUT2D eigenvalue weighted by atomic mass is 10.1. The van der Waals surface area contributed by atoms with Crippen molar-refractivity contribution in [1.29, 1.82) is 0 Å². The minimum atomic E-state index is -0.781. The van der Waals surface area contributed by atoms with Gasteiger partial charge in [-0.2, -0.15) is 0 Å². The zero-order valence-electron chi connectivity index (χ0n) is 43.3. The highest BCUT2D eigenvalue weighted by molar-refractivity contribution is 5.71. The molecule has 378 valence electrons. The Morgan fingerprint density at radius 3 is 0.938 bits per heavy atom. The molecule has 0 amide bonds. The van der Waals surface area contributed by atoms with Crippen LogP contribution >= 0.6 is 0 Å². The van der Waals surface area contributed by atoms with Crippen molar-refractivity contribution in [2.75, 3.05) is 13.2 Å². The Hall–Kier alpha value is -2.63. The molecule has 0 aliphatic carbocycles. The lowest BCUT2D eigenvalue weighted by molar-refractivity contribution is -0.167. The van der Waals surface area contributed by atoms with E-state index in [-0.39, 0.29) is 31.1 Å². The van der Waals surface area contributed by atoms with Crippen LogP contribution in [-0.4, -0.2) is 37.2 Å². The molecule has 0 aromatic carbocycles. The van der Waals surface area contributed by atoms with Crippen LogP contribution in [0.2, 0.25) is 0 Å². The molecule has 0 saturated carbocycles. The summed E-state index contributed by atoms with van der Waals surface area (Å²) in [7, 11) is 0. The van der Waals surface area contributed by atoms with Gasteiger partial charge in [0.1, 0.15) is 13.2 Å². The number of hydrogen-bond donors (Lipinski definition) is 0. The average molecular weight is 911 g/mol. The molecule has 0 radical (unpaired) electrons. The molecule has 6 heteroatoms. The minimum Gasteiger partial charge on any atom is -0.462 e. The molecule has 0 unspecified atom stereocenters. The van der Waals surface area contributed by atoms with Gasteiger partial charge in [-0.05, 0) is 96.3 Å². The third-order valence-corrected chi connectivity index (χ3v) is 12.3. The quantitative estimate of drug-likeness (QED) is 0.0262. The van der Waals surface area contributed by atoms with E-state index >= 15 is 0 Å². The van der Waals surface area contributed by atoms with Gasteiger partial charge in [0.25, 0.3) is 0 Å². The van der Waals surface area contributed by atoms with Crippen LogP contribution in [0.5, 0.6) is 0 Å². The van der Waals surface area contributed by atoms with Gasteiger partial charge in [-0.1, -0.05) is 223 Å². The Bertz CT molecular complexity index is 1140. The molecule has 0 N–H and O–H groups in total. The van der Waals surface area contributed by atoms with Crippen molar-refractivity contribution in [3.05, 3.63) is 48.6 Å². The maximum Gasteiger partial charge on any atom is 0.306 e. The van der Waals surface area contributed by atoms with Crippen molar-refractivity contribution in [2.24, 2.45) is 0 Å². The molecular weight excluding hydrogens is 805 g/mol. The molecule has 0 fully saturated rings. The Balaban J connectivity index is 4.34. The summed E-state index contributed by atoms with van der Waals surface area (Å²) in [5, 5.41) is 0. The fourth-order valence-electron chi connectivity index (χ4n) is 7.98. The van der Waals surface area contributed by atoms with Crippen LogP contribution in [0.15, 0.2) is 48.6 Å². The highest BCUT2D eigenvalue weighted by atomic mass is 16.6. The molecule has 65 heavy (non-hydrogen) atoms. The Labute approximate surface area is 403 Å². The second kappa shape index (κ2) is 54.0. The summed E-state index contributed by atoms with van der Waals surface area (Å²) < 4.78 is 16.8. The Kier molecular flexibility index (Phi) is 51.8. The smallest absolute Gasteiger partial charge is 0.306 e. The van der Waals surface area contributed by atoms with Gasteiger partial charge in [-0.25, -0.2) is 0 Å². The van der Waals surface area contributed by atoms with E-state index < -0.39 is 6.10 Å². The van der Waals surface area contributed by atoms with E-state index in [1.54, 1.807) is 0 Å². The summed E-state index contributed by atoms with van der Waals surface area (Å²) in [6, 6.07) is 0. The molecule has 0 saturated heterocycles. The first kappa shape index (κ1) is 62.4. The van der Waals surface area contributed by atoms with Crippen LogP contribution in [0.25, 0.3) is 0 Å². The summed E-state index contributed by atoms with van der Waals surface area (Å²) in [6.07, 6.45) is 65.3. The largest absolute Gasteiger partial charge is 0.462 e. The van der Waals surface area contributed by atoms with Crippen molar-refractivity contribution >= 4 is 17.9 Å². The molecule has 0 bridgehead atoms. The minimum absolute atomic E-state index is 0.0801. The van der Waals surface area contributed by atoms with E-state index in [9.17, 15) is 14.4 Å². The summed E-state index contributed by atoms with van der Waals surface area (Å²) in [6.45, 7) is 6.58. The van der Waals surface area contributed by atoms with Crippen LogP contribution in [0, 0.1) is 0 Å². The number of ether oxygens (including phenoxy) is 3. The van der Waals surface area contributed by atoms with Crippen molar-refractivity contribution < 1.29 is 28.6 Å². The first-order valence-electron chi connectivity index (χ1n) is 28.1. The highest BCUT2D eigenvalue weighted by Gasteiger charge is 2.19. The average Bonchev–Trinajstić information content (AvgIpc) is 3.30.